The van der Waals surface area contributed by atoms with E-state index < -0.39 is 23.6 Å². The van der Waals surface area contributed by atoms with Crippen molar-refractivity contribution in [3.05, 3.63) is 76.7 Å². The van der Waals surface area contributed by atoms with E-state index in [9.17, 15) is 14.7 Å². The number of piperidine rings is 1. The molecule has 0 unspecified atom stereocenters. The van der Waals surface area contributed by atoms with Gasteiger partial charge >= 0.3 is 12.1 Å². The molecule has 7 heteroatoms. The second kappa shape index (κ2) is 9.96. The Balaban J connectivity index is 1.78. The summed E-state index contributed by atoms with van der Waals surface area (Å²) in [5.74, 6) is -1.89. The standard InChI is InChI=1S/C25H29FN2O4/c1-17(22(23(29)30)27-24(31)32-16-18-7-5-4-6-8-18)20-10-9-19(15-21(20)26)25(2)11-13-28(3)14-12-25/h4-10,15H,11-14,16H2,1-3H3,(H,27,31)(H,29,30)/b22-17-. The smallest absolute Gasteiger partial charge is 0.412 e. The zero-order chi connectivity index (χ0) is 23.3. The molecule has 0 bridgehead atoms. The molecule has 1 saturated heterocycles. The fraction of sp³-hybridized carbons (Fsp3) is 0.360. The minimum absolute atomic E-state index is 0.00451. The van der Waals surface area contributed by atoms with E-state index in [1.165, 1.54) is 13.0 Å². The molecule has 2 aromatic rings. The lowest BCUT2D eigenvalue weighted by Gasteiger charge is -2.38. The summed E-state index contributed by atoms with van der Waals surface area (Å²) < 4.78 is 20.2. The summed E-state index contributed by atoms with van der Waals surface area (Å²) in [4.78, 5) is 26.2. The first-order chi connectivity index (χ1) is 15.2. The molecule has 3 rings (SSSR count). The SMILES string of the molecule is C/C(=C(/NC(=O)OCc1ccccc1)C(=O)O)c1ccc(C2(C)CCN(C)CC2)cc1F. The Hall–Kier alpha value is -3.19. The van der Waals surface area contributed by atoms with Crippen molar-refractivity contribution in [1.29, 1.82) is 0 Å². The van der Waals surface area contributed by atoms with Crippen LogP contribution in [0.5, 0.6) is 0 Å². The van der Waals surface area contributed by atoms with Crippen LogP contribution in [0.15, 0.2) is 54.2 Å². The molecule has 2 aromatic carbocycles. The van der Waals surface area contributed by atoms with Gasteiger partial charge in [0, 0.05) is 5.56 Å². The van der Waals surface area contributed by atoms with E-state index in [1.54, 1.807) is 18.2 Å². The van der Waals surface area contributed by atoms with Gasteiger partial charge in [0.2, 0.25) is 0 Å². The maximum absolute atomic E-state index is 15.1. The molecule has 0 aliphatic carbocycles. The fourth-order valence-corrected chi connectivity index (χ4v) is 3.90. The van der Waals surface area contributed by atoms with Gasteiger partial charge in [-0.3, -0.25) is 5.32 Å². The number of nitrogens with one attached hydrogen (secondary N) is 1. The Bertz CT molecular complexity index is 1010. The number of aliphatic carboxylic acids is 1. The Morgan fingerprint density at radius 2 is 1.81 bits per heavy atom. The van der Waals surface area contributed by atoms with Gasteiger partial charge in [0.25, 0.3) is 0 Å². The second-order valence-electron chi connectivity index (χ2n) is 8.55. The molecule has 0 radical (unpaired) electrons. The highest BCUT2D eigenvalue weighted by molar-refractivity contribution is 5.98. The largest absolute Gasteiger partial charge is 0.477 e. The number of allylic oxidation sites excluding steroid dienone is 1. The Morgan fingerprint density at radius 3 is 2.41 bits per heavy atom. The highest BCUT2D eigenvalue weighted by Crippen LogP contribution is 2.36. The molecular formula is C25H29FN2O4. The molecule has 6 nitrogen and oxygen atoms in total. The number of halogens is 1. The van der Waals surface area contributed by atoms with Gasteiger partial charge in [-0.15, -0.1) is 0 Å². The van der Waals surface area contributed by atoms with Gasteiger partial charge in [-0.25, -0.2) is 14.0 Å². The molecule has 0 spiro atoms. The van der Waals surface area contributed by atoms with Gasteiger partial charge in [0.05, 0.1) is 0 Å². The zero-order valence-corrected chi connectivity index (χ0v) is 18.7. The third-order valence-corrected chi connectivity index (χ3v) is 6.19. The topological polar surface area (TPSA) is 78.9 Å². The van der Waals surface area contributed by atoms with Crippen LogP contribution in [-0.4, -0.2) is 42.2 Å². The maximum Gasteiger partial charge on any atom is 0.412 e. The molecule has 0 atom stereocenters. The number of nitrogens with zero attached hydrogens (tertiary/aromatic N) is 1. The summed E-state index contributed by atoms with van der Waals surface area (Å²) in [6.07, 6.45) is 0.931. The van der Waals surface area contributed by atoms with Gasteiger partial charge in [0.1, 0.15) is 18.1 Å². The molecular weight excluding hydrogens is 411 g/mol. The first kappa shape index (κ1) is 23.5. The number of rotatable bonds is 6. The summed E-state index contributed by atoms with van der Waals surface area (Å²) >= 11 is 0. The number of benzene rings is 2. The summed E-state index contributed by atoms with van der Waals surface area (Å²) in [6, 6.07) is 13.9. The van der Waals surface area contributed by atoms with Crippen molar-refractivity contribution in [3.63, 3.8) is 0 Å². The minimum atomic E-state index is -1.37. The van der Waals surface area contributed by atoms with Crippen LogP contribution < -0.4 is 5.32 Å². The van der Waals surface area contributed by atoms with Crippen LogP contribution in [0.25, 0.3) is 5.57 Å². The Kier molecular flexibility index (Phi) is 7.30. The van der Waals surface area contributed by atoms with Crippen LogP contribution in [0.2, 0.25) is 0 Å². The number of carboxylic acids is 1. The van der Waals surface area contributed by atoms with Crippen LogP contribution in [0, 0.1) is 5.82 Å². The molecule has 0 saturated carbocycles. The molecule has 32 heavy (non-hydrogen) atoms. The summed E-state index contributed by atoms with van der Waals surface area (Å²) in [7, 11) is 2.07. The van der Waals surface area contributed by atoms with Crippen molar-refractivity contribution in [2.24, 2.45) is 0 Å². The zero-order valence-electron chi connectivity index (χ0n) is 18.7. The number of carboxylic acid groups (broad SMARTS) is 1. The fourth-order valence-electron chi connectivity index (χ4n) is 3.90. The number of carbonyl (C=O) groups is 2. The lowest BCUT2D eigenvalue weighted by molar-refractivity contribution is -0.133. The van der Waals surface area contributed by atoms with Crippen LogP contribution in [0.1, 0.15) is 43.4 Å². The maximum atomic E-state index is 15.1. The lowest BCUT2D eigenvalue weighted by atomic mass is 9.74. The number of carbonyl (C=O) groups excluding carboxylic acids is 1. The van der Waals surface area contributed by atoms with Crippen molar-refractivity contribution in [2.45, 2.75) is 38.7 Å². The van der Waals surface area contributed by atoms with Gasteiger partial charge in [-0.05, 0) is 68.1 Å². The first-order valence-electron chi connectivity index (χ1n) is 10.6. The normalized spacial score (nSPS) is 16.8. The van der Waals surface area contributed by atoms with Crippen molar-refractivity contribution in [3.8, 4) is 0 Å². The van der Waals surface area contributed by atoms with E-state index in [0.717, 1.165) is 37.1 Å². The third kappa shape index (κ3) is 5.53. The van der Waals surface area contributed by atoms with E-state index in [-0.39, 0.29) is 23.2 Å². The van der Waals surface area contributed by atoms with Crippen LogP contribution in [0.3, 0.4) is 0 Å². The predicted molar refractivity (Wildman–Crippen MR) is 120 cm³/mol. The summed E-state index contributed by atoms with van der Waals surface area (Å²) in [5.41, 5.74) is 1.37. The highest BCUT2D eigenvalue weighted by atomic mass is 19.1. The lowest BCUT2D eigenvalue weighted by Crippen LogP contribution is -2.38. The van der Waals surface area contributed by atoms with Crippen molar-refractivity contribution >= 4 is 17.6 Å². The average Bonchev–Trinajstić information content (AvgIpc) is 2.78. The molecule has 1 amide bonds. The predicted octanol–water partition coefficient (Wildman–Crippen LogP) is 4.55. The van der Waals surface area contributed by atoms with Crippen molar-refractivity contribution < 1.29 is 23.8 Å². The van der Waals surface area contributed by atoms with E-state index in [0.29, 0.717) is 0 Å². The number of hydrogen-bond donors (Lipinski definition) is 2. The number of hydrogen-bond acceptors (Lipinski definition) is 4. The monoisotopic (exact) mass is 440 g/mol. The molecule has 2 N–H and O–H groups in total. The minimum Gasteiger partial charge on any atom is -0.477 e. The molecule has 1 aliphatic rings. The van der Waals surface area contributed by atoms with E-state index in [4.69, 9.17) is 4.74 Å². The number of ether oxygens (including phenoxy) is 1. The molecule has 1 aliphatic heterocycles. The average molecular weight is 441 g/mol. The van der Waals surface area contributed by atoms with E-state index in [2.05, 4.69) is 24.2 Å². The van der Waals surface area contributed by atoms with Crippen molar-refractivity contribution in [1.82, 2.24) is 10.2 Å². The Labute approximate surface area is 187 Å². The summed E-state index contributed by atoms with van der Waals surface area (Å²) in [6.45, 7) is 5.48. The quantitative estimate of drug-likeness (QED) is 0.645. The molecule has 170 valence electrons. The summed E-state index contributed by atoms with van der Waals surface area (Å²) in [5, 5.41) is 11.8. The van der Waals surface area contributed by atoms with E-state index in [1.807, 2.05) is 24.3 Å². The molecule has 0 aromatic heterocycles. The van der Waals surface area contributed by atoms with Crippen LogP contribution >= 0.6 is 0 Å². The van der Waals surface area contributed by atoms with Crippen LogP contribution in [-0.2, 0) is 21.6 Å². The van der Waals surface area contributed by atoms with Gasteiger partial charge in [0.15, 0.2) is 0 Å². The molecule has 1 heterocycles. The van der Waals surface area contributed by atoms with E-state index >= 15 is 4.39 Å². The third-order valence-electron chi connectivity index (χ3n) is 6.19. The van der Waals surface area contributed by atoms with Gasteiger partial charge in [-0.2, -0.15) is 0 Å². The number of amides is 1. The Morgan fingerprint density at radius 1 is 1.16 bits per heavy atom. The first-order valence-corrected chi connectivity index (χ1v) is 10.6. The number of likely N-dealkylation sites (tertiary alicyclic amines) is 1. The van der Waals surface area contributed by atoms with Crippen LogP contribution in [0.4, 0.5) is 9.18 Å². The number of alkyl carbamates (subject to hydrolysis) is 1. The highest BCUT2D eigenvalue weighted by Gasteiger charge is 2.31. The van der Waals surface area contributed by atoms with Gasteiger partial charge < -0.3 is 14.7 Å². The van der Waals surface area contributed by atoms with Gasteiger partial charge in [-0.1, -0.05) is 49.4 Å². The molecule has 1 fully saturated rings. The van der Waals surface area contributed by atoms with Crippen molar-refractivity contribution in [2.75, 3.05) is 20.1 Å². The second-order valence-corrected chi connectivity index (χ2v) is 8.55.